The van der Waals surface area contributed by atoms with Gasteiger partial charge in [-0.1, -0.05) is 30.3 Å². The summed E-state index contributed by atoms with van der Waals surface area (Å²) in [6.07, 6.45) is -4.00. The number of nitrogens with zero attached hydrogens (tertiary/aromatic N) is 1. The molecule has 0 radical (unpaired) electrons. The number of Topliss-reactive ketones (excluding diaryl/α,β-unsaturated/α-hetero) is 1. The average molecular weight is 434 g/mol. The van der Waals surface area contributed by atoms with Gasteiger partial charge in [0, 0.05) is 12.1 Å². The van der Waals surface area contributed by atoms with E-state index in [0.29, 0.717) is 0 Å². The van der Waals surface area contributed by atoms with Crippen LogP contribution in [0.5, 0.6) is 0 Å². The van der Waals surface area contributed by atoms with Gasteiger partial charge in [-0.2, -0.15) is 13.2 Å². The monoisotopic (exact) mass is 434 g/mol. The third kappa shape index (κ3) is 4.12. The van der Waals surface area contributed by atoms with Crippen LogP contribution in [-0.2, 0) is 27.3 Å². The van der Waals surface area contributed by atoms with Crippen molar-refractivity contribution in [1.82, 2.24) is 10.2 Å². The fraction of sp³-hybridized carbons (Fsp3) is 0.318. The Labute approximate surface area is 176 Å². The molecule has 0 aliphatic carbocycles. The van der Waals surface area contributed by atoms with Crippen LogP contribution in [0.25, 0.3) is 0 Å². The molecule has 0 saturated carbocycles. The number of alkyl halides is 3. The zero-order chi connectivity index (χ0) is 22.8. The summed E-state index contributed by atoms with van der Waals surface area (Å²) in [7, 11) is 0. The molecule has 6 nitrogen and oxygen atoms in total. The Bertz CT molecular complexity index is 1010. The van der Waals surface area contributed by atoms with E-state index in [1.54, 1.807) is 30.3 Å². The first-order valence-corrected chi connectivity index (χ1v) is 9.56. The van der Waals surface area contributed by atoms with Crippen molar-refractivity contribution in [2.75, 3.05) is 0 Å². The predicted molar refractivity (Wildman–Crippen MR) is 104 cm³/mol. The quantitative estimate of drug-likeness (QED) is 0.723. The Morgan fingerprint density at radius 1 is 1.13 bits per heavy atom. The lowest BCUT2D eigenvalue weighted by Gasteiger charge is -2.33. The van der Waals surface area contributed by atoms with Crippen molar-refractivity contribution in [3.05, 3.63) is 71.3 Å². The summed E-state index contributed by atoms with van der Waals surface area (Å²) in [6.45, 7) is 1.90. The van der Waals surface area contributed by atoms with Gasteiger partial charge in [-0.05, 0) is 38.0 Å². The molecular formula is C22H21F3N2O4. The number of rotatable bonds is 7. The summed E-state index contributed by atoms with van der Waals surface area (Å²) >= 11 is 0. The highest BCUT2D eigenvalue weighted by Crippen LogP contribution is 2.45. The number of halogens is 3. The number of carbonyl (C=O) groups is 3. The Hall–Kier alpha value is -3.36. The molecule has 2 heterocycles. The smallest absolute Gasteiger partial charge is 0.425 e. The molecule has 1 N–H and O–H groups in total. The minimum absolute atomic E-state index is 0.172. The summed E-state index contributed by atoms with van der Waals surface area (Å²) in [4.78, 5) is 38.7. The largest absolute Gasteiger partial charge is 0.467 e. The van der Waals surface area contributed by atoms with E-state index in [2.05, 4.69) is 0 Å². The number of aryl methyl sites for hydroxylation is 1. The average Bonchev–Trinajstić information content (AvgIpc) is 3.28. The minimum atomic E-state index is -5.23. The number of hydrogen-bond donors (Lipinski definition) is 1. The zero-order valence-electron chi connectivity index (χ0n) is 17.0. The van der Waals surface area contributed by atoms with Crippen LogP contribution in [0.15, 0.2) is 64.4 Å². The molecule has 0 fully saturated rings. The van der Waals surface area contributed by atoms with Crippen molar-refractivity contribution in [2.45, 2.75) is 44.9 Å². The molecule has 164 valence electrons. The van der Waals surface area contributed by atoms with Gasteiger partial charge >= 0.3 is 6.18 Å². The van der Waals surface area contributed by atoms with Gasteiger partial charge in [0.1, 0.15) is 5.76 Å². The van der Waals surface area contributed by atoms with Gasteiger partial charge in [0.15, 0.2) is 5.78 Å². The van der Waals surface area contributed by atoms with Crippen molar-refractivity contribution in [1.29, 1.82) is 0 Å². The number of nitrogens with one attached hydrogen (secondary N) is 1. The van der Waals surface area contributed by atoms with E-state index in [0.717, 1.165) is 17.4 Å². The standard InChI is InChI=1S/C22H21F3N2O4/c1-14-19(15(2)28)21(22(23,24)25,20(30)27(14)13-17-9-6-12-31-17)26-18(29)11-10-16-7-4-3-5-8-16/h3-9,12H,10-11,13H2,1-2H3,(H,26,29). The maximum Gasteiger partial charge on any atom is 0.425 e. The summed E-state index contributed by atoms with van der Waals surface area (Å²) in [5, 5.41) is 1.86. The second kappa shape index (κ2) is 8.41. The van der Waals surface area contributed by atoms with E-state index in [1.165, 1.54) is 25.3 Å². The molecular weight excluding hydrogens is 413 g/mol. The topological polar surface area (TPSA) is 79.6 Å². The van der Waals surface area contributed by atoms with Crippen molar-refractivity contribution < 1.29 is 32.0 Å². The van der Waals surface area contributed by atoms with Gasteiger partial charge in [-0.25, -0.2) is 0 Å². The molecule has 1 unspecified atom stereocenters. The number of carbonyl (C=O) groups excluding carboxylic acids is 3. The maximum atomic E-state index is 14.4. The number of hydrogen-bond acceptors (Lipinski definition) is 4. The van der Waals surface area contributed by atoms with Crippen LogP contribution in [0, 0.1) is 0 Å². The number of benzene rings is 1. The van der Waals surface area contributed by atoms with Gasteiger partial charge in [-0.3, -0.25) is 14.4 Å². The molecule has 1 atom stereocenters. The molecule has 31 heavy (non-hydrogen) atoms. The summed E-state index contributed by atoms with van der Waals surface area (Å²) in [5.41, 5.74) is -3.64. The van der Waals surface area contributed by atoms with E-state index in [-0.39, 0.29) is 30.8 Å². The molecule has 0 spiro atoms. The fourth-order valence-electron chi connectivity index (χ4n) is 3.76. The molecule has 3 rings (SSSR count). The van der Waals surface area contributed by atoms with Gasteiger partial charge in [-0.15, -0.1) is 0 Å². The maximum absolute atomic E-state index is 14.4. The highest BCUT2D eigenvalue weighted by Gasteiger charge is 2.69. The van der Waals surface area contributed by atoms with Crippen molar-refractivity contribution in [3.63, 3.8) is 0 Å². The van der Waals surface area contributed by atoms with E-state index in [9.17, 15) is 27.6 Å². The molecule has 2 aromatic rings. The van der Waals surface area contributed by atoms with E-state index >= 15 is 0 Å². The second-order valence-electron chi connectivity index (χ2n) is 7.27. The van der Waals surface area contributed by atoms with Crippen LogP contribution in [0.3, 0.4) is 0 Å². The Balaban J connectivity index is 1.95. The Kier molecular flexibility index (Phi) is 6.06. The first-order valence-electron chi connectivity index (χ1n) is 9.56. The fourth-order valence-corrected chi connectivity index (χ4v) is 3.76. The number of ketones is 1. The molecule has 1 aromatic carbocycles. The van der Waals surface area contributed by atoms with Crippen molar-refractivity contribution in [2.24, 2.45) is 0 Å². The van der Waals surface area contributed by atoms with Crippen molar-refractivity contribution in [3.8, 4) is 0 Å². The van der Waals surface area contributed by atoms with E-state index < -0.39 is 34.9 Å². The molecule has 0 bridgehead atoms. The highest BCUT2D eigenvalue weighted by molar-refractivity contribution is 6.11. The van der Waals surface area contributed by atoms with Crippen LogP contribution >= 0.6 is 0 Å². The lowest BCUT2D eigenvalue weighted by Crippen LogP contribution is -2.66. The normalized spacial score (nSPS) is 19.1. The van der Waals surface area contributed by atoms with Gasteiger partial charge in [0.2, 0.25) is 11.4 Å². The molecule has 2 amide bonds. The Morgan fingerprint density at radius 2 is 1.81 bits per heavy atom. The number of furan rings is 1. The molecule has 1 aliphatic heterocycles. The van der Waals surface area contributed by atoms with Gasteiger partial charge < -0.3 is 14.6 Å². The van der Waals surface area contributed by atoms with E-state index in [1.807, 2.05) is 5.32 Å². The van der Waals surface area contributed by atoms with E-state index in [4.69, 9.17) is 4.42 Å². The first kappa shape index (κ1) is 22.3. The lowest BCUT2D eigenvalue weighted by molar-refractivity contribution is -0.194. The number of amides is 2. The van der Waals surface area contributed by atoms with Crippen LogP contribution < -0.4 is 5.32 Å². The predicted octanol–water partition coefficient (Wildman–Crippen LogP) is 3.53. The molecule has 1 aromatic heterocycles. The van der Waals surface area contributed by atoms with Crippen LogP contribution in [0.2, 0.25) is 0 Å². The number of allylic oxidation sites excluding steroid dienone is 1. The second-order valence-corrected chi connectivity index (χ2v) is 7.27. The third-order valence-electron chi connectivity index (χ3n) is 5.19. The Morgan fingerprint density at radius 3 is 2.35 bits per heavy atom. The highest BCUT2D eigenvalue weighted by atomic mass is 19.4. The molecule has 9 heteroatoms. The summed E-state index contributed by atoms with van der Waals surface area (Å²) in [5.74, 6) is -3.13. The SMILES string of the molecule is CC(=O)C1=C(C)N(Cc2ccco2)C(=O)C1(NC(=O)CCc1ccccc1)C(F)(F)F. The lowest BCUT2D eigenvalue weighted by atomic mass is 9.86. The van der Waals surface area contributed by atoms with Crippen LogP contribution in [-0.4, -0.2) is 34.2 Å². The van der Waals surface area contributed by atoms with Crippen LogP contribution in [0.4, 0.5) is 13.2 Å². The minimum Gasteiger partial charge on any atom is -0.467 e. The van der Waals surface area contributed by atoms with Gasteiger partial charge in [0.25, 0.3) is 5.91 Å². The van der Waals surface area contributed by atoms with Gasteiger partial charge in [0.05, 0.1) is 18.4 Å². The molecule has 1 aliphatic rings. The van der Waals surface area contributed by atoms with Crippen LogP contribution in [0.1, 0.15) is 31.6 Å². The summed E-state index contributed by atoms with van der Waals surface area (Å²) < 4.78 is 48.2. The van der Waals surface area contributed by atoms with Crippen molar-refractivity contribution >= 4 is 17.6 Å². The summed E-state index contributed by atoms with van der Waals surface area (Å²) in [6, 6.07) is 11.8. The first-order chi connectivity index (χ1) is 14.6. The molecule has 0 saturated heterocycles. The zero-order valence-corrected chi connectivity index (χ0v) is 17.0. The third-order valence-corrected chi connectivity index (χ3v) is 5.19.